The summed E-state index contributed by atoms with van der Waals surface area (Å²) >= 11 is 11.6. The predicted octanol–water partition coefficient (Wildman–Crippen LogP) is 2.64. The smallest absolute Gasteiger partial charge is 0.254 e. The second kappa shape index (κ2) is 7.92. The lowest BCUT2D eigenvalue weighted by Crippen LogP contribution is -2.35. The minimum atomic E-state index is -0.260. The molecule has 1 aromatic heterocycles. The fourth-order valence-corrected chi connectivity index (χ4v) is 2.72. The molecule has 1 aliphatic heterocycles. The van der Waals surface area contributed by atoms with Crippen LogP contribution in [0.3, 0.4) is 0 Å². The first-order valence-electron chi connectivity index (χ1n) is 7.25. The molecule has 0 saturated carbocycles. The number of aromatic nitrogens is 2. The van der Waals surface area contributed by atoms with Gasteiger partial charge in [0, 0.05) is 6.54 Å². The highest BCUT2D eigenvalue weighted by atomic mass is 35.5. The minimum absolute atomic E-state index is 0.0712. The molecule has 2 heterocycles. The molecule has 1 amide bonds. The highest BCUT2D eigenvalue weighted by molar-refractivity contribution is 6.34. The Kier molecular flexibility index (Phi) is 6.21. The summed E-state index contributed by atoms with van der Waals surface area (Å²) in [5.41, 5.74) is 0.267. The molecule has 2 rings (SSSR count). The van der Waals surface area contributed by atoms with Crippen molar-refractivity contribution in [3.63, 3.8) is 0 Å². The summed E-state index contributed by atoms with van der Waals surface area (Å²) in [6.45, 7) is 6.24. The lowest BCUT2D eigenvalue weighted by molar-refractivity contribution is 0.0950. The van der Waals surface area contributed by atoms with Crippen molar-refractivity contribution in [3.8, 4) is 0 Å². The number of nitrogens with zero attached hydrogens (tertiary/aromatic N) is 3. The van der Waals surface area contributed by atoms with Gasteiger partial charge in [-0.1, -0.05) is 30.1 Å². The second-order valence-electron chi connectivity index (χ2n) is 5.51. The third kappa shape index (κ3) is 5.09. The molecule has 0 spiro atoms. The quantitative estimate of drug-likeness (QED) is 0.843. The Morgan fingerprint density at radius 3 is 2.81 bits per heavy atom. The van der Waals surface area contributed by atoms with E-state index in [2.05, 4.69) is 27.3 Å². The Hall–Kier alpha value is -0.910. The van der Waals surface area contributed by atoms with Crippen molar-refractivity contribution in [1.82, 2.24) is 20.4 Å². The lowest BCUT2D eigenvalue weighted by atomic mass is 9.99. The van der Waals surface area contributed by atoms with Crippen LogP contribution in [-0.2, 0) is 0 Å². The third-order valence-electron chi connectivity index (χ3n) is 3.78. The number of hydrogen-bond acceptors (Lipinski definition) is 4. The maximum atomic E-state index is 12.0. The minimum Gasteiger partial charge on any atom is -0.352 e. The van der Waals surface area contributed by atoms with E-state index in [0.29, 0.717) is 6.54 Å². The molecule has 0 atom stereocenters. The van der Waals surface area contributed by atoms with Crippen LogP contribution < -0.4 is 5.32 Å². The Balaban J connectivity index is 1.71. The van der Waals surface area contributed by atoms with E-state index >= 15 is 0 Å². The van der Waals surface area contributed by atoms with E-state index in [-0.39, 0.29) is 21.8 Å². The highest BCUT2D eigenvalue weighted by Crippen LogP contribution is 2.16. The van der Waals surface area contributed by atoms with Gasteiger partial charge < -0.3 is 10.2 Å². The van der Waals surface area contributed by atoms with Gasteiger partial charge in [0.05, 0.1) is 5.56 Å². The molecule has 0 bridgehead atoms. The molecule has 1 fully saturated rings. The topological polar surface area (TPSA) is 58.1 Å². The van der Waals surface area contributed by atoms with Crippen molar-refractivity contribution in [1.29, 1.82) is 0 Å². The zero-order valence-corrected chi connectivity index (χ0v) is 13.6. The Morgan fingerprint density at radius 1 is 1.38 bits per heavy atom. The van der Waals surface area contributed by atoms with E-state index in [1.54, 1.807) is 0 Å². The number of rotatable bonds is 5. The number of amides is 1. The van der Waals surface area contributed by atoms with E-state index in [0.717, 1.165) is 32.0 Å². The SMILES string of the molecule is CC1CCN(CCCNC(=O)c2cc(Cl)nnc2Cl)CC1. The van der Waals surface area contributed by atoms with Gasteiger partial charge in [0.1, 0.15) is 0 Å². The molecule has 21 heavy (non-hydrogen) atoms. The van der Waals surface area contributed by atoms with Crippen molar-refractivity contribution in [3.05, 3.63) is 21.9 Å². The molecule has 5 nitrogen and oxygen atoms in total. The van der Waals surface area contributed by atoms with E-state index in [4.69, 9.17) is 23.2 Å². The van der Waals surface area contributed by atoms with Crippen molar-refractivity contribution < 1.29 is 4.79 Å². The molecular weight excluding hydrogens is 311 g/mol. The third-order valence-corrected chi connectivity index (χ3v) is 4.24. The van der Waals surface area contributed by atoms with E-state index in [1.165, 1.54) is 18.9 Å². The molecule has 0 radical (unpaired) electrons. The van der Waals surface area contributed by atoms with Gasteiger partial charge in [0.2, 0.25) is 0 Å². The summed E-state index contributed by atoms with van der Waals surface area (Å²) in [7, 11) is 0. The fraction of sp³-hybridized carbons (Fsp3) is 0.643. The molecular formula is C14H20Cl2N4O. The van der Waals surface area contributed by atoms with Crippen LogP contribution in [0.4, 0.5) is 0 Å². The zero-order chi connectivity index (χ0) is 15.2. The molecule has 7 heteroatoms. The van der Waals surface area contributed by atoms with Crippen LogP contribution in [-0.4, -0.2) is 47.2 Å². The van der Waals surface area contributed by atoms with Crippen molar-refractivity contribution in [2.45, 2.75) is 26.2 Å². The van der Waals surface area contributed by atoms with E-state index < -0.39 is 0 Å². The zero-order valence-electron chi connectivity index (χ0n) is 12.1. The van der Waals surface area contributed by atoms with Crippen molar-refractivity contribution in [2.24, 2.45) is 5.92 Å². The summed E-state index contributed by atoms with van der Waals surface area (Å²) in [5, 5.41) is 10.3. The second-order valence-corrected chi connectivity index (χ2v) is 6.25. The predicted molar refractivity (Wildman–Crippen MR) is 83.8 cm³/mol. The van der Waals surface area contributed by atoms with Crippen LogP contribution >= 0.6 is 23.2 Å². The molecule has 1 aromatic rings. The van der Waals surface area contributed by atoms with Crippen LogP contribution in [0, 0.1) is 5.92 Å². The molecule has 1 saturated heterocycles. The standard InChI is InChI=1S/C14H20Cl2N4O/c1-10-3-7-20(8-4-10)6-2-5-17-14(21)11-9-12(15)18-19-13(11)16/h9-10H,2-8H2,1H3,(H,17,21). The molecule has 1 aliphatic rings. The molecule has 0 aromatic carbocycles. The van der Waals surface area contributed by atoms with Crippen LogP contribution in [0.5, 0.6) is 0 Å². The van der Waals surface area contributed by atoms with E-state index in [1.807, 2.05) is 0 Å². The van der Waals surface area contributed by atoms with Gasteiger partial charge in [-0.2, -0.15) is 0 Å². The van der Waals surface area contributed by atoms with Crippen LogP contribution in [0.25, 0.3) is 0 Å². The summed E-state index contributed by atoms with van der Waals surface area (Å²) in [6.07, 6.45) is 3.45. The monoisotopic (exact) mass is 330 g/mol. The summed E-state index contributed by atoms with van der Waals surface area (Å²) in [5.74, 6) is 0.580. The van der Waals surface area contributed by atoms with Crippen LogP contribution in [0.15, 0.2) is 6.07 Å². The first-order valence-corrected chi connectivity index (χ1v) is 8.01. The maximum Gasteiger partial charge on any atom is 0.254 e. The number of halogens is 2. The number of likely N-dealkylation sites (tertiary alicyclic amines) is 1. The Labute approximate surface area is 135 Å². The lowest BCUT2D eigenvalue weighted by Gasteiger charge is -2.30. The molecule has 0 unspecified atom stereocenters. The Bertz CT molecular complexity index is 490. The summed E-state index contributed by atoms with van der Waals surface area (Å²) in [6, 6.07) is 1.43. The summed E-state index contributed by atoms with van der Waals surface area (Å²) < 4.78 is 0. The Morgan fingerprint density at radius 2 is 2.10 bits per heavy atom. The van der Waals surface area contributed by atoms with Gasteiger partial charge in [-0.25, -0.2) is 0 Å². The first kappa shape index (κ1) is 16.5. The van der Waals surface area contributed by atoms with Crippen LogP contribution in [0.2, 0.25) is 10.3 Å². The van der Waals surface area contributed by atoms with E-state index in [9.17, 15) is 4.79 Å². The van der Waals surface area contributed by atoms with Gasteiger partial charge in [-0.15, -0.1) is 10.2 Å². The van der Waals surface area contributed by atoms with Gasteiger partial charge >= 0.3 is 0 Å². The van der Waals surface area contributed by atoms with Crippen molar-refractivity contribution >= 4 is 29.1 Å². The summed E-state index contributed by atoms with van der Waals surface area (Å²) in [4.78, 5) is 14.4. The van der Waals surface area contributed by atoms with Gasteiger partial charge in [0.25, 0.3) is 5.91 Å². The van der Waals surface area contributed by atoms with Gasteiger partial charge in [-0.3, -0.25) is 4.79 Å². The number of piperidine rings is 1. The molecule has 0 aliphatic carbocycles. The van der Waals surface area contributed by atoms with Crippen molar-refractivity contribution in [2.75, 3.05) is 26.2 Å². The number of carbonyl (C=O) groups is 1. The average molecular weight is 331 g/mol. The first-order chi connectivity index (χ1) is 10.1. The fourth-order valence-electron chi connectivity index (χ4n) is 2.40. The molecule has 116 valence electrons. The average Bonchev–Trinajstić information content (AvgIpc) is 2.47. The maximum absolute atomic E-state index is 12.0. The number of nitrogens with one attached hydrogen (secondary N) is 1. The molecule has 1 N–H and O–H groups in total. The van der Waals surface area contributed by atoms with Crippen LogP contribution in [0.1, 0.15) is 36.5 Å². The van der Waals surface area contributed by atoms with Gasteiger partial charge in [-0.05, 0) is 50.9 Å². The number of carbonyl (C=O) groups excluding carboxylic acids is 1. The largest absolute Gasteiger partial charge is 0.352 e. The number of hydrogen-bond donors (Lipinski definition) is 1. The van der Waals surface area contributed by atoms with Gasteiger partial charge in [0.15, 0.2) is 10.3 Å². The normalized spacial score (nSPS) is 16.9. The highest BCUT2D eigenvalue weighted by Gasteiger charge is 2.16.